The van der Waals surface area contributed by atoms with Crippen molar-refractivity contribution in [2.24, 2.45) is 5.92 Å². The third-order valence-corrected chi connectivity index (χ3v) is 7.76. The molecule has 33 heavy (non-hydrogen) atoms. The Morgan fingerprint density at radius 3 is 2.48 bits per heavy atom. The molecule has 0 aromatic heterocycles. The monoisotopic (exact) mass is 466 g/mol. The number of carboxylic acid groups (broad SMARTS) is 1. The number of amides is 1. The maximum Gasteiger partial charge on any atom is 0.410 e. The second-order valence-corrected chi connectivity index (χ2v) is 10.3. The summed E-state index contributed by atoms with van der Waals surface area (Å²) in [5.74, 6) is -0.798. The van der Waals surface area contributed by atoms with E-state index in [2.05, 4.69) is 31.7 Å². The van der Waals surface area contributed by atoms with Crippen LogP contribution < -0.4 is 0 Å². The summed E-state index contributed by atoms with van der Waals surface area (Å²) in [4.78, 5) is 27.5. The summed E-state index contributed by atoms with van der Waals surface area (Å²) in [6, 6.07) is 0. The number of nitrogens with zero attached hydrogens (tertiary/aromatic N) is 2. The first-order valence-corrected chi connectivity index (χ1v) is 12.1. The van der Waals surface area contributed by atoms with Gasteiger partial charge in [-0.05, 0) is 40.0 Å². The van der Waals surface area contributed by atoms with Crippen molar-refractivity contribution >= 4 is 12.1 Å². The third-order valence-electron chi connectivity index (χ3n) is 7.76. The molecule has 0 aromatic carbocycles. The van der Waals surface area contributed by atoms with Gasteiger partial charge >= 0.3 is 12.1 Å². The van der Waals surface area contributed by atoms with Crippen LogP contribution in [0.4, 0.5) is 4.79 Å². The van der Waals surface area contributed by atoms with E-state index in [-0.39, 0.29) is 47.9 Å². The molecule has 0 unspecified atom stereocenters. The van der Waals surface area contributed by atoms with Crippen LogP contribution in [0.2, 0.25) is 0 Å². The van der Waals surface area contributed by atoms with E-state index in [9.17, 15) is 9.59 Å². The Bertz CT molecular complexity index is 771. The number of epoxide rings is 2. The van der Waals surface area contributed by atoms with Crippen LogP contribution in [0.1, 0.15) is 46.5 Å². The van der Waals surface area contributed by atoms with E-state index >= 15 is 0 Å². The zero-order valence-electron chi connectivity index (χ0n) is 20.2. The molecule has 1 saturated carbocycles. The highest BCUT2D eigenvalue weighted by molar-refractivity contribution is 5.68. The van der Waals surface area contributed by atoms with E-state index in [4.69, 9.17) is 24.1 Å². The lowest BCUT2D eigenvalue weighted by Gasteiger charge is -2.43. The van der Waals surface area contributed by atoms with Crippen LogP contribution in [-0.4, -0.2) is 103 Å². The maximum atomic E-state index is 13.0. The Balaban J connectivity index is 1.36. The number of carbonyl (C=O) groups excluding carboxylic acids is 1. The van der Waals surface area contributed by atoms with Crippen molar-refractivity contribution < 1.29 is 33.6 Å². The first kappa shape index (κ1) is 24.4. The van der Waals surface area contributed by atoms with Crippen LogP contribution in [0, 0.1) is 5.92 Å². The van der Waals surface area contributed by atoms with Crippen LogP contribution in [0.3, 0.4) is 0 Å². The van der Waals surface area contributed by atoms with Gasteiger partial charge in [-0.2, -0.15) is 0 Å². The first-order valence-electron chi connectivity index (χ1n) is 12.1. The Morgan fingerprint density at radius 1 is 1.21 bits per heavy atom. The topological polar surface area (TPSA) is 104 Å². The molecule has 4 aliphatic rings. The summed E-state index contributed by atoms with van der Waals surface area (Å²) >= 11 is 0. The zero-order valence-corrected chi connectivity index (χ0v) is 20.2. The Morgan fingerprint density at radius 2 is 1.91 bits per heavy atom. The van der Waals surface area contributed by atoms with E-state index in [0.29, 0.717) is 45.8 Å². The predicted molar refractivity (Wildman–Crippen MR) is 120 cm³/mol. The number of piperazine rings is 1. The van der Waals surface area contributed by atoms with Gasteiger partial charge in [-0.25, -0.2) is 4.79 Å². The Labute approximate surface area is 196 Å². The van der Waals surface area contributed by atoms with E-state index in [0.717, 1.165) is 12.8 Å². The molecule has 9 nitrogen and oxygen atoms in total. The average molecular weight is 467 g/mol. The van der Waals surface area contributed by atoms with Gasteiger partial charge in [-0.1, -0.05) is 11.6 Å². The standard InChI is InChI=1S/C24H38N2O7/c1-16(2)5-6-18-23(3,33-18)21-20(30-4)17(7-9-24(21)15-31-24)32-22(29)26-13-11-25(12-14-26)10-8-19(27)28/h5,17-18,20-21H,6-15H2,1-4H3,(H,27,28)/t17-,18-,20-,21-,23+,24+/m1/s1. The van der Waals surface area contributed by atoms with E-state index in [1.807, 2.05) is 0 Å². The minimum atomic E-state index is -0.803. The molecule has 6 atom stereocenters. The summed E-state index contributed by atoms with van der Waals surface area (Å²) < 4.78 is 24.1. The van der Waals surface area contributed by atoms with Crippen molar-refractivity contribution in [1.29, 1.82) is 0 Å². The number of allylic oxidation sites excluding steroid dienone is 1. The van der Waals surface area contributed by atoms with Crippen LogP contribution in [0.25, 0.3) is 0 Å². The molecule has 1 N–H and O–H groups in total. The fraction of sp³-hybridized carbons (Fsp3) is 0.833. The van der Waals surface area contributed by atoms with Crippen molar-refractivity contribution in [3.05, 3.63) is 11.6 Å². The highest BCUT2D eigenvalue weighted by Gasteiger charge is 2.72. The lowest BCUT2D eigenvalue weighted by Crippen LogP contribution is -2.57. The summed E-state index contributed by atoms with van der Waals surface area (Å²) in [6.45, 7) is 9.88. The summed E-state index contributed by atoms with van der Waals surface area (Å²) in [5, 5.41) is 8.87. The zero-order chi connectivity index (χ0) is 23.8. The largest absolute Gasteiger partial charge is 0.481 e. The molecule has 1 amide bonds. The van der Waals surface area contributed by atoms with Gasteiger partial charge in [0.2, 0.25) is 0 Å². The van der Waals surface area contributed by atoms with Crippen LogP contribution >= 0.6 is 0 Å². The smallest absolute Gasteiger partial charge is 0.410 e. The predicted octanol–water partition coefficient (Wildman–Crippen LogP) is 2.29. The Kier molecular flexibility index (Phi) is 7.05. The molecule has 1 spiro atoms. The van der Waals surface area contributed by atoms with E-state index < -0.39 is 5.97 Å². The van der Waals surface area contributed by atoms with Gasteiger partial charge in [0.15, 0.2) is 0 Å². The molecule has 0 bridgehead atoms. The Hall–Kier alpha value is -1.68. The fourth-order valence-electron chi connectivity index (χ4n) is 5.68. The van der Waals surface area contributed by atoms with Gasteiger partial charge in [-0.3, -0.25) is 9.69 Å². The van der Waals surface area contributed by atoms with Gasteiger partial charge in [0, 0.05) is 39.8 Å². The molecule has 1 aliphatic carbocycles. The van der Waals surface area contributed by atoms with Gasteiger partial charge in [-0.15, -0.1) is 0 Å². The van der Waals surface area contributed by atoms with Gasteiger partial charge in [0.1, 0.15) is 23.4 Å². The van der Waals surface area contributed by atoms with Crippen molar-refractivity contribution in [2.75, 3.05) is 46.4 Å². The van der Waals surface area contributed by atoms with Crippen molar-refractivity contribution in [3.63, 3.8) is 0 Å². The molecular weight excluding hydrogens is 428 g/mol. The number of aliphatic carboxylic acids is 1. The van der Waals surface area contributed by atoms with Crippen molar-refractivity contribution in [2.45, 2.75) is 76.0 Å². The van der Waals surface area contributed by atoms with Crippen molar-refractivity contribution in [3.8, 4) is 0 Å². The third kappa shape index (κ3) is 5.21. The van der Waals surface area contributed by atoms with Gasteiger partial charge in [0.05, 0.1) is 25.0 Å². The number of methoxy groups -OCH3 is 1. The lowest BCUT2D eigenvalue weighted by molar-refractivity contribution is -0.137. The molecule has 186 valence electrons. The summed E-state index contributed by atoms with van der Waals surface area (Å²) in [6.07, 6.45) is 3.86. The summed E-state index contributed by atoms with van der Waals surface area (Å²) in [5.41, 5.74) is 0.671. The number of hydrogen-bond acceptors (Lipinski definition) is 7. The van der Waals surface area contributed by atoms with E-state index in [1.54, 1.807) is 12.0 Å². The number of carboxylic acids is 1. The minimum absolute atomic E-state index is 0.00461. The van der Waals surface area contributed by atoms with Crippen LogP contribution in [-0.2, 0) is 23.7 Å². The fourth-order valence-corrected chi connectivity index (χ4v) is 5.68. The second-order valence-electron chi connectivity index (χ2n) is 10.3. The highest BCUT2D eigenvalue weighted by Crippen LogP contribution is 2.59. The second kappa shape index (κ2) is 9.52. The molecule has 0 radical (unpaired) electrons. The number of carbonyl (C=O) groups is 2. The molecule has 3 aliphatic heterocycles. The molecule has 4 fully saturated rings. The van der Waals surface area contributed by atoms with Gasteiger partial charge in [0.25, 0.3) is 0 Å². The average Bonchev–Trinajstić information content (AvgIpc) is 3.69. The molecule has 9 heteroatoms. The van der Waals surface area contributed by atoms with E-state index in [1.165, 1.54) is 5.57 Å². The molecule has 3 saturated heterocycles. The molecule has 3 heterocycles. The number of hydrogen-bond donors (Lipinski definition) is 1. The number of rotatable bonds is 8. The highest BCUT2D eigenvalue weighted by atomic mass is 16.6. The molecular formula is C24H38N2O7. The lowest BCUT2D eigenvalue weighted by atomic mass is 9.68. The van der Waals surface area contributed by atoms with Crippen LogP contribution in [0.5, 0.6) is 0 Å². The SMILES string of the molecule is CO[C@@H]1[C@H](OC(=O)N2CCN(CCC(=O)O)CC2)CC[C@]2(CO2)[C@H]1[C@@]1(C)O[C@@H]1CC=C(C)C. The van der Waals surface area contributed by atoms with Gasteiger partial charge < -0.3 is 29.0 Å². The van der Waals surface area contributed by atoms with Crippen molar-refractivity contribution in [1.82, 2.24) is 9.80 Å². The number of ether oxygens (including phenoxy) is 4. The molecule has 0 aromatic rings. The minimum Gasteiger partial charge on any atom is -0.481 e. The first-order chi connectivity index (χ1) is 15.7. The van der Waals surface area contributed by atoms with Crippen LogP contribution in [0.15, 0.2) is 11.6 Å². The quantitative estimate of drug-likeness (QED) is 0.429. The summed E-state index contributed by atoms with van der Waals surface area (Å²) in [7, 11) is 1.68. The normalized spacial score (nSPS) is 38.1. The molecule has 4 rings (SSSR count). The maximum absolute atomic E-state index is 13.0.